The fraction of sp³-hybridized carbons (Fsp3) is 0.600. The lowest BCUT2D eigenvalue weighted by molar-refractivity contribution is 0.241. The molecule has 0 bridgehead atoms. The Morgan fingerprint density at radius 3 is 2.44 bits per heavy atom. The lowest BCUT2D eigenvalue weighted by atomic mass is 10.1. The van der Waals surface area contributed by atoms with Crippen LogP contribution in [0.5, 0.6) is 0 Å². The number of likely N-dealkylation sites (tertiary alicyclic amines) is 1. The van der Waals surface area contributed by atoms with Crippen LogP contribution >= 0.6 is 0 Å². The number of amidine groups is 1. The summed E-state index contributed by atoms with van der Waals surface area (Å²) in [6.07, 6.45) is 9.34. The minimum atomic E-state index is -0.232. The van der Waals surface area contributed by atoms with Crippen molar-refractivity contribution in [3.05, 3.63) is 42.0 Å². The van der Waals surface area contributed by atoms with Crippen molar-refractivity contribution in [2.75, 3.05) is 25.5 Å². The highest BCUT2D eigenvalue weighted by Gasteiger charge is 2.18. The van der Waals surface area contributed by atoms with Gasteiger partial charge >= 0.3 is 0 Å². The molecule has 0 spiro atoms. The molecule has 3 rings (SSSR count). The van der Waals surface area contributed by atoms with Gasteiger partial charge in [-0.2, -0.15) is 0 Å². The molecule has 7 heteroatoms. The number of aryl methyl sites for hydroxylation is 1. The average molecular weight is 443 g/mol. The van der Waals surface area contributed by atoms with Crippen molar-refractivity contribution in [3.63, 3.8) is 0 Å². The van der Waals surface area contributed by atoms with E-state index in [0.717, 1.165) is 44.6 Å². The highest BCUT2D eigenvalue weighted by Crippen LogP contribution is 2.20. The highest BCUT2D eigenvalue weighted by molar-refractivity contribution is 6.02. The zero-order chi connectivity index (χ0) is 22.9. The quantitative estimate of drug-likeness (QED) is 0.349. The summed E-state index contributed by atoms with van der Waals surface area (Å²) in [5, 5.41) is 10.00. The van der Waals surface area contributed by atoms with Crippen LogP contribution in [0.25, 0.3) is 0 Å². The van der Waals surface area contributed by atoms with Gasteiger partial charge in [0.2, 0.25) is 5.96 Å². The summed E-state index contributed by atoms with van der Waals surface area (Å²) in [7, 11) is 2.16. The molecule has 2 fully saturated rings. The van der Waals surface area contributed by atoms with Crippen LogP contribution in [0.1, 0.15) is 63.9 Å². The Labute approximate surface area is 192 Å². The van der Waals surface area contributed by atoms with Crippen LogP contribution in [0, 0.1) is 12.7 Å². The van der Waals surface area contributed by atoms with Gasteiger partial charge in [-0.15, -0.1) is 0 Å². The standard InChI is InChI=1S/C25H39FN6/c1-18-11-12-23(17-24(18)26)28-20(3)30-25(31-21-9-7-5-6-8-10-21)29-19(2)27-22-13-15-32(4)16-14-22/h11-12,17,21-22,27H,2,5-10,13-16H2,1,3-4H3,(H2,28,29,30,31). The second kappa shape index (κ2) is 12.0. The number of nitrogens with one attached hydrogen (secondary N) is 3. The Balaban J connectivity index is 1.69. The largest absolute Gasteiger partial charge is 0.369 e. The fourth-order valence-electron chi connectivity index (χ4n) is 4.29. The van der Waals surface area contributed by atoms with Crippen LogP contribution in [0.2, 0.25) is 0 Å². The third-order valence-electron chi connectivity index (χ3n) is 6.26. The number of nitrogens with zero attached hydrogens (tertiary/aromatic N) is 3. The molecule has 0 radical (unpaired) electrons. The van der Waals surface area contributed by atoms with Gasteiger partial charge in [-0.3, -0.25) is 0 Å². The Bertz CT molecular complexity index is 818. The minimum absolute atomic E-state index is 0.232. The van der Waals surface area contributed by atoms with Crippen LogP contribution in [-0.4, -0.2) is 48.9 Å². The summed E-state index contributed by atoms with van der Waals surface area (Å²) in [5.41, 5.74) is 1.30. The number of aliphatic imine (C=N–C) groups is 2. The number of hydrogen-bond donors (Lipinski definition) is 3. The number of benzene rings is 1. The number of piperidine rings is 1. The average Bonchev–Trinajstić information content (AvgIpc) is 3.01. The Morgan fingerprint density at radius 1 is 1.09 bits per heavy atom. The van der Waals surface area contributed by atoms with E-state index >= 15 is 0 Å². The van der Waals surface area contributed by atoms with E-state index in [9.17, 15) is 4.39 Å². The maximum atomic E-state index is 13.9. The minimum Gasteiger partial charge on any atom is -0.369 e. The molecule has 1 saturated carbocycles. The normalized spacial score (nSPS) is 20.0. The van der Waals surface area contributed by atoms with Crippen molar-refractivity contribution < 1.29 is 4.39 Å². The fourth-order valence-corrected chi connectivity index (χ4v) is 4.29. The van der Waals surface area contributed by atoms with Gasteiger partial charge in [0.25, 0.3) is 0 Å². The number of anilines is 1. The van der Waals surface area contributed by atoms with Crippen LogP contribution in [0.15, 0.2) is 40.6 Å². The third kappa shape index (κ3) is 7.93. The number of guanidine groups is 1. The first-order valence-electron chi connectivity index (χ1n) is 12.0. The third-order valence-corrected chi connectivity index (χ3v) is 6.26. The van der Waals surface area contributed by atoms with E-state index in [0.29, 0.717) is 29.1 Å². The maximum absolute atomic E-state index is 13.9. The van der Waals surface area contributed by atoms with Crippen LogP contribution in [-0.2, 0) is 0 Å². The molecule has 1 aromatic carbocycles. The monoisotopic (exact) mass is 442 g/mol. The first-order valence-corrected chi connectivity index (χ1v) is 12.0. The molecule has 6 nitrogen and oxygen atoms in total. The lowest BCUT2D eigenvalue weighted by Crippen LogP contribution is -2.43. The summed E-state index contributed by atoms with van der Waals surface area (Å²) in [5.74, 6) is 1.70. The van der Waals surface area contributed by atoms with E-state index in [1.165, 1.54) is 31.7 Å². The first-order chi connectivity index (χ1) is 15.4. The molecule has 3 N–H and O–H groups in total. The van der Waals surface area contributed by atoms with Gasteiger partial charge in [-0.25, -0.2) is 14.4 Å². The van der Waals surface area contributed by atoms with Crippen molar-refractivity contribution in [1.82, 2.24) is 15.5 Å². The zero-order valence-electron chi connectivity index (χ0n) is 19.9. The summed E-state index contributed by atoms with van der Waals surface area (Å²) in [6.45, 7) is 9.97. The Kier molecular flexibility index (Phi) is 9.09. The summed E-state index contributed by atoms with van der Waals surface area (Å²) < 4.78 is 13.9. The maximum Gasteiger partial charge on any atom is 0.225 e. The van der Waals surface area contributed by atoms with Gasteiger partial charge in [0.15, 0.2) is 0 Å². The molecule has 1 aliphatic carbocycles. The number of halogens is 1. The molecule has 0 atom stereocenters. The summed E-state index contributed by atoms with van der Waals surface area (Å²) in [6, 6.07) is 5.78. The second-order valence-corrected chi connectivity index (χ2v) is 9.21. The molecule has 0 unspecified atom stereocenters. The molecule has 1 aliphatic heterocycles. The molecule has 1 heterocycles. The van der Waals surface area contributed by atoms with E-state index < -0.39 is 0 Å². The second-order valence-electron chi connectivity index (χ2n) is 9.21. The molecule has 1 saturated heterocycles. The molecule has 1 aromatic rings. The summed E-state index contributed by atoms with van der Waals surface area (Å²) >= 11 is 0. The molecule has 0 amide bonds. The van der Waals surface area contributed by atoms with E-state index in [2.05, 4.69) is 34.5 Å². The highest BCUT2D eigenvalue weighted by atomic mass is 19.1. The topological polar surface area (TPSA) is 64.0 Å². The van der Waals surface area contributed by atoms with Gasteiger partial charge < -0.3 is 20.9 Å². The number of hydrogen-bond acceptors (Lipinski definition) is 3. The SMILES string of the molecule is C=C(NC(=NC1CCCCCC1)/N=C(\C)Nc1ccc(C)c(F)c1)NC1CCN(C)CC1. The van der Waals surface area contributed by atoms with Gasteiger partial charge in [0, 0.05) is 11.7 Å². The van der Waals surface area contributed by atoms with Crippen LogP contribution in [0.4, 0.5) is 10.1 Å². The van der Waals surface area contributed by atoms with Gasteiger partial charge in [-0.05, 0) is 77.4 Å². The van der Waals surface area contributed by atoms with E-state index in [-0.39, 0.29) is 11.9 Å². The van der Waals surface area contributed by atoms with Crippen LogP contribution < -0.4 is 16.0 Å². The van der Waals surface area contributed by atoms with Crippen molar-refractivity contribution in [2.45, 2.75) is 77.3 Å². The molecule has 0 aromatic heterocycles. The number of rotatable bonds is 5. The first kappa shape index (κ1) is 24.2. The van der Waals surface area contributed by atoms with Gasteiger partial charge in [0.1, 0.15) is 11.7 Å². The predicted molar refractivity (Wildman–Crippen MR) is 133 cm³/mol. The van der Waals surface area contributed by atoms with Gasteiger partial charge in [0.05, 0.1) is 11.9 Å². The zero-order valence-corrected chi connectivity index (χ0v) is 19.9. The van der Waals surface area contributed by atoms with Crippen molar-refractivity contribution in [1.29, 1.82) is 0 Å². The van der Waals surface area contributed by atoms with Crippen molar-refractivity contribution in [2.24, 2.45) is 9.98 Å². The summed E-state index contributed by atoms with van der Waals surface area (Å²) in [4.78, 5) is 12.0. The van der Waals surface area contributed by atoms with Gasteiger partial charge in [-0.1, -0.05) is 38.3 Å². The molecule has 2 aliphatic rings. The lowest BCUT2D eigenvalue weighted by Gasteiger charge is -2.30. The molecular formula is C25H39FN6. The Morgan fingerprint density at radius 2 is 1.78 bits per heavy atom. The van der Waals surface area contributed by atoms with Crippen molar-refractivity contribution in [3.8, 4) is 0 Å². The molecule has 176 valence electrons. The van der Waals surface area contributed by atoms with E-state index in [1.54, 1.807) is 13.0 Å². The molecule has 32 heavy (non-hydrogen) atoms. The molecular weight excluding hydrogens is 403 g/mol. The van der Waals surface area contributed by atoms with E-state index in [1.807, 2.05) is 13.0 Å². The van der Waals surface area contributed by atoms with E-state index in [4.69, 9.17) is 9.98 Å². The predicted octanol–water partition coefficient (Wildman–Crippen LogP) is 4.79. The van der Waals surface area contributed by atoms with Crippen LogP contribution in [0.3, 0.4) is 0 Å². The smallest absolute Gasteiger partial charge is 0.225 e. The van der Waals surface area contributed by atoms with Crippen molar-refractivity contribution >= 4 is 17.5 Å². The Hall–Kier alpha value is -2.41.